The zero-order valence-electron chi connectivity index (χ0n) is 19.9. The van der Waals surface area contributed by atoms with Gasteiger partial charge < -0.3 is 15.0 Å². The molecule has 0 bridgehead atoms. The summed E-state index contributed by atoms with van der Waals surface area (Å²) in [5.74, 6) is 0.562. The summed E-state index contributed by atoms with van der Waals surface area (Å²) in [6, 6.07) is 12.2. The van der Waals surface area contributed by atoms with Gasteiger partial charge in [0.15, 0.2) is 6.61 Å². The first-order valence-corrected chi connectivity index (χ1v) is 12.3. The summed E-state index contributed by atoms with van der Waals surface area (Å²) in [4.78, 5) is 27.7. The van der Waals surface area contributed by atoms with Gasteiger partial charge in [-0.05, 0) is 54.2 Å². The number of hydrogen-bond donors (Lipinski definition) is 1. The fourth-order valence-electron chi connectivity index (χ4n) is 3.44. The van der Waals surface area contributed by atoms with Gasteiger partial charge in [0, 0.05) is 23.1 Å². The average molecular weight is 493 g/mol. The second-order valence-corrected chi connectivity index (χ2v) is 9.18. The monoisotopic (exact) mass is 492 g/mol. The summed E-state index contributed by atoms with van der Waals surface area (Å²) in [5, 5.41) is 3.91. The van der Waals surface area contributed by atoms with E-state index in [4.69, 9.17) is 27.9 Å². The second-order valence-electron chi connectivity index (χ2n) is 8.34. The van der Waals surface area contributed by atoms with Crippen molar-refractivity contribution in [3.8, 4) is 5.75 Å². The van der Waals surface area contributed by atoms with Gasteiger partial charge in [0.1, 0.15) is 11.8 Å². The number of rotatable bonds is 12. The summed E-state index contributed by atoms with van der Waals surface area (Å²) in [5.41, 5.74) is 1.91. The van der Waals surface area contributed by atoms with E-state index in [1.165, 1.54) is 5.56 Å². The predicted octanol–water partition coefficient (Wildman–Crippen LogP) is 6.22. The predicted molar refractivity (Wildman–Crippen MR) is 135 cm³/mol. The first-order valence-electron chi connectivity index (χ1n) is 11.5. The van der Waals surface area contributed by atoms with Crippen molar-refractivity contribution in [1.29, 1.82) is 0 Å². The summed E-state index contributed by atoms with van der Waals surface area (Å²) >= 11 is 12.4. The summed E-state index contributed by atoms with van der Waals surface area (Å²) in [6.07, 6.45) is 2.33. The highest BCUT2D eigenvalue weighted by Gasteiger charge is 2.29. The molecule has 0 radical (unpaired) electrons. The maximum atomic E-state index is 13.3. The molecule has 0 aliphatic heterocycles. The number of carbonyl (C=O) groups excluding carboxylic acids is 2. The van der Waals surface area contributed by atoms with E-state index in [0.29, 0.717) is 34.7 Å². The Kier molecular flexibility index (Phi) is 11.0. The summed E-state index contributed by atoms with van der Waals surface area (Å²) < 4.78 is 5.77. The molecule has 0 heterocycles. The van der Waals surface area contributed by atoms with E-state index >= 15 is 0 Å². The third-order valence-electron chi connectivity index (χ3n) is 5.48. The minimum absolute atomic E-state index is 0.175. The zero-order chi connectivity index (χ0) is 24.4. The molecule has 1 unspecified atom stereocenters. The normalized spacial score (nSPS) is 11.8. The Morgan fingerprint density at radius 1 is 1.06 bits per heavy atom. The fourth-order valence-corrected chi connectivity index (χ4v) is 3.90. The van der Waals surface area contributed by atoms with Crippen molar-refractivity contribution in [2.75, 3.05) is 13.2 Å². The van der Waals surface area contributed by atoms with E-state index in [2.05, 4.69) is 26.1 Å². The molecular weight excluding hydrogens is 459 g/mol. The molecule has 1 N–H and O–H groups in total. The van der Waals surface area contributed by atoms with Crippen molar-refractivity contribution in [3.05, 3.63) is 63.6 Å². The Labute approximate surface area is 207 Å². The lowest BCUT2D eigenvalue weighted by atomic mass is 10.0. The van der Waals surface area contributed by atoms with Crippen LogP contribution in [0, 0.1) is 0 Å². The first kappa shape index (κ1) is 27.0. The molecule has 0 fully saturated rings. The van der Waals surface area contributed by atoms with E-state index in [1.807, 2.05) is 31.2 Å². The maximum absolute atomic E-state index is 13.3. The molecule has 180 valence electrons. The summed E-state index contributed by atoms with van der Waals surface area (Å²) in [6.45, 7) is 8.78. The minimum atomic E-state index is -0.631. The number of nitrogens with zero attached hydrogens (tertiary/aromatic N) is 1. The van der Waals surface area contributed by atoms with E-state index in [-0.39, 0.29) is 25.0 Å². The van der Waals surface area contributed by atoms with E-state index in [0.717, 1.165) is 18.4 Å². The number of halogens is 2. The third-order valence-corrected chi connectivity index (χ3v) is 6.07. The van der Waals surface area contributed by atoms with Crippen molar-refractivity contribution in [2.45, 2.75) is 65.5 Å². The number of amides is 2. The molecule has 5 nitrogen and oxygen atoms in total. The molecule has 0 aromatic heterocycles. The maximum Gasteiger partial charge on any atom is 0.261 e. The van der Waals surface area contributed by atoms with Gasteiger partial charge in [-0.2, -0.15) is 0 Å². The fraction of sp³-hybridized carbons (Fsp3) is 0.462. The van der Waals surface area contributed by atoms with Crippen LogP contribution in [-0.2, 0) is 16.1 Å². The molecule has 33 heavy (non-hydrogen) atoms. The van der Waals surface area contributed by atoms with Gasteiger partial charge in [0.2, 0.25) is 5.91 Å². The third kappa shape index (κ3) is 8.24. The molecule has 2 aromatic carbocycles. The van der Waals surface area contributed by atoms with Crippen molar-refractivity contribution in [1.82, 2.24) is 10.2 Å². The molecule has 0 saturated carbocycles. The van der Waals surface area contributed by atoms with E-state index in [1.54, 1.807) is 23.1 Å². The number of nitrogens with one attached hydrogen (secondary N) is 1. The molecule has 7 heteroatoms. The number of carbonyl (C=O) groups is 2. The van der Waals surface area contributed by atoms with Crippen molar-refractivity contribution in [2.24, 2.45) is 0 Å². The largest absolute Gasteiger partial charge is 0.484 e. The Morgan fingerprint density at radius 2 is 1.76 bits per heavy atom. The highest BCUT2D eigenvalue weighted by molar-refractivity contribution is 6.35. The van der Waals surface area contributed by atoms with Gasteiger partial charge in [-0.15, -0.1) is 0 Å². The molecule has 2 rings (SSSR count). The first-order chi connectivity index (χ1) is 15.8. The molecule has 2 aromatic rings. The van der Waals surface area contributed by atoms with Crippen LogP contribution in [0.15, 0.2) is 42.5 Å². The number of unbranched alkanes of at least 4 members (excludes halogenated alkanes) is 1. The van der Waals surface area contributed by atoms with E-state index < -0.39 is 6.04 Å². The summed E-state index contributed by atoms with van der Waals surface area (Å²) in [7, 11) is 0. The van der Waals surface area contributed by atoms with Crippen molar-refractivity contribution in [3.63, 3.8) is 0 Å². The van der Waals surface area contributed by atoms with Crippen LogP contribution in [-0.4, -0.2) is 35.9 Å². The van der Waals surface area contributed by atoms with Crippen LogP contribution in [0.4, 0.5) is 0 Å². The van der Waals surface area contributed by atoms with Crippen LogP contribution in [0.5, 0.6) is 5.75 Å². The van der Waals surface area contributed by atoms with Crippen LogP contribution in [0.3, 0.4) is 0 Å². The quantitative estimate of drug-likeness (QED) is 0.357. The van der Waals surface area contributed by atoms with Gasteiger partial charge in [-0.3, -0.25) is 9.59 Å². The van der Waals surface area contributed by atoms with Crippen LogP contribution in [0.25, 0.3) is 0 Å². The molecule has 0 aliphatic carbocycles. The second kappa shape index (κ2) is 13.5. The standard InChI is InChI=1S/C26H34Cl2N2O3/c1-5-7-14-29-26(32)24(6-2)30(16-20-8-11-21(27)15-23(20)28)25(31)17-33-22-12-9-19(10-13-22)18(3)4/h8-13,15,18,24H,5-7,14,16-17H2,1-4H3,(H,29,32). The highest BCUT2D eigenvalue weighted by Crippen LogP contribution is 2.24. The molecule has 0 aliphatic rings. The molecule has 2 amide bonds. The Bertz CT molecular complexity index is 916. The Balaban J connectivity index is 2.20. The SMILES string of the molecule is CCCCNC(=O)C(CC)N(Cc1ccc(Cl)cc1Cl)C(=O)COc1ccc(C(C)C)cc1. The van der Waals surface area contributed by atoms with Gasteiger partial charge in [-0.25, -0.2) is 0 Å². The number of ether oxygens (including phenoxy) is 1. The van der Waals surface area contributed by atoms with Gasteiger partial charge in [-0.1, -0.05) is 75.5 Å². The average Bonchev–Trinajstić information content (AvgIpc) is 2.79. The van der Waals surface area contributed by atoms with Crippen LogP contribution in [0.2, 0.25) is 10.0 Å². The highest BCUT2D eigenvalue weighted by atomic mass is 35.5. The lowest BCUT2D eigenvalue weighted by molar-refractivity contribution is -0.143. The Hall–Kier alpha value is -2.24. The van der Waals surface area contributed by atoms with E-state index in [9.17, 15) is 9.59 Å². The lowest BCUT2D eigenvalue weighted by Gasteiger charge is -2.31. The smallest absolute Gasteiger partial charge is 0.261 e. The van der Waals surface area contributed by atoms with Gasteiger partial charge in [0.05, 0.1) is 0 Å². The Morgan fingerprint density at radius 3 is 2.33 bits per heavy atom. The molecular formula is C26H34Cl2N2O3. The molecule has 0 spiro atoms. The van der Waals surface area contributed by atoms with Crippen molar-refractivity contribution < 1.29 is 14.3 Å². The van der Waals surface area contributed by atoms with Crippen LogP contribution >= 0.6 is 23.2 Å². The minimum Gasteiger partial charge on any atom is -0.484 e. The zero-order valence-corrected chi connectivity index (χ0v) is 21.4. The number of benzene rings is 2. The van der Waals surface area contributed by atoms with Crippen molar-refractivity contribution >= 4 is 35.0 Å². The number of hydrogen-bond acceptors (Lipinski definition) is 3. The van der Waals surface area contributed by atoms with Crippen LogP contribution in [0.1, 0.15) is 64.0 Å². The van der Waals surface area contributed by atoms with Gasteiger partial charge in [0.25, 0.3) is 5.91 Å². The van der Waals surface area contributed by atoms with Crippen LogP contribution < -0.4 is 10.1 Å². The molecule has 1 atom stereocenters. The lowest BCUT2D eigenvalue weighted by Crippen LogP contribution is -2.50. The molecule has 0 saturated heterocycles. The topological polar surface area (TPSA) is 58.6 Å². The van der Waals surface area contributed by atoms with Gasteiger partial charge >= 0.3 is 0 Å².